The van der Waals surface area contributed by atoms with Crippen molar-refractivity contribution in [1.82, 2.24) is 5.32 Å². The smallest absolute Gasteiger partial charge is 0.293 e. The lowest BCUT2D eigenvalue weighted by Crippen LogP contribution is -2.43. The highest BCUT2D eigenvalue weighted by Crippen LogP contribution is 2.36. The first-order chi connectivity index (χ1) is 8.63. The molecule has 0 aliphatic carbocycles. The van der Waals surface area contributed by atoms with Gasteiger partial charge in [0.1, 0.15) is 5.69 Å². The molecule has 0 spiro atoms. The van der Waals surface area contributed by atoms with Crippen molar-refractivity contribution >= 4 is 28.7 Å². The van der Waals surface area contributed by atoms with E-state index in [4.69, 9.17) is 11.6 Å². The number of nitrogens with one attached hydrogen (secondary N) is 2. The van der Waals surface area contributed by atoms with Gasteiger partial charge in [0.2, 0.25) is 0 Å². The molecule has 6 nitrogen and oxygen atoms in total. The van der Waals surface area contributed by atoms with Gasteiger partial charge in [-0.3, -0.25) is 10.1 Å². The Kier molecular flexibility index (Phi) is 3.88. The minimum Gasteiger partial charge on any atom is -0.383 e. The molecule has 18 heavy (non-hydrogen) atoms. The monoisotopic (exact) mass is 270 g/mol. The van der Waals surface area contributed by atoms with E-state index in [0.717, 1.165) is 31.9 Å². The Morgan fingerprint density at radius 3 is 2.67 bits per heavy atom. The molecule has 0 unspecified atom stereocenters. The first kappa shape index (κ1) is 12.9. The SMILES string of the molecule is CNc1cc(N2CCNCC2)c(Cl)cc1[N+](=O)[O-]. The zero-order valence-corrected chi connectivity index (χ0v) is 10.8. The van der Waals surface area contributed by atoms with Gasteiger partial charge in [-0.1, -0.05) is 11.6 Å². The van der Waals surface area contributed by atoms with Crippen LogP contribution in [0.1, 0.15) is 0 Å². The van der Waals surface area contributed by atoms with E-state index in [1.54, 1.807) is 13.1 Å². The molecule has 2 rings (SSSR count). The number of halogens is 1. The number of hydrogen-bond acceptors (Lipinski definition) is 5. The van der Waals surface area contributed by atoms with Crippen molar-refractivity contribution in [3.05, 3.63) is 27.3 Å². The fourth-order valence-corrected chi connectivity index (χ4v) is 2.33. The first-order valence-electron chi connectivity index (χ1n) is 5.75. The molecule has 0 amide bonds. The van der Waals surface area contributed by atoms with Crippen LogP contribution in [0.4, 0.5) is 17.1 Å². The van der Waals surface area contributed by atoms with Crippen molar-refractivity contribution < 1.29 is 4.92 Å². The quantitative estimate of drug-likeness (QED) is 0.646. The zero-order valence-electron chi connectivity index (χ0n) is 10.1. The van der Waals surface area contributed by atoms with Gasteiger partial charge < -0.3 is 15.5 Å². The average molecular weight is 271 g/mol. The van der Waals surface area contributed by atoms with Gasteiger partial charge in [-0.2, -0.15) is 0 Å². The lowest BCUT2D eigenvalue weighted by Gasteiger charge is -2.30. The number of nitro groups is 1. The summed E-state index contributed by atoms with van der Waals surface area (Å²) in [4.78, 5) is 12.6. The highest BCUT2D eigenvalue weighted by atomic mass is 35.5. The predicted octanol–water partition coefficient (Wildman–Crippen LogP) is 1.70. The Morgan fingerprint density at radius 2 is 2.11 bits per heavy atom. The maximum Gasteiger partial charge on any atom is 0.293 e. The highest BCUT2D eigenvalue weighted by Gasteiger charge is 2.20. The molecule has 1 heterocycles. The highest BCUT2D eigenvalue weighted by molar-refractivity contribution is 6.33. The van der Waals surface area contributed by atoms with Crippen LogP contribution < -0.4 is 15.5 Å². The third-order valence-corrected chi connectivity index (χ3v) is 3.29. The molecule has 2 N–H and O–H groups in total. The van der Waals surface area contributed by atoms with E-state index >= 15 is 0 Å². The van der Waals surface area contributed by atoms with E-state index in [1.165, 1.54) is 6.07 Å². The van der Waals surface area contributed by atoms with Crippen LogP contribution in [0.5, 0.6) is 0 Å². The molecule has 1 aromatic rings. The van der Waals surface area contributed by atoms with E-state index in [2.05, 4.69) is 15.5 Å². The molecule has 1 fully saturated rings. The van der Waals surface area contributed by atoms with E-state index in [-0.39, 0.29) is 5.69 Å². The van der Waals surface area contributed by atoms with Crippen molar-refractivity contribution in [2.24, 2.45) is 0 Å². The van der Waals surface area contributed by atoms with Gasteiger partial charge in [0.05, 0.1) is 15.6 Å². The van der Waals surface area contributed by atoms with E-state index < -0.39 is 4.92 Å². The number of hydrogen-bond donors (Lipinski definition) is 2. The summed E-state index contributed by atoms with van der Waals surface area (Å²) in [5.41, 5.74) is 1.33. The van der Waals surface area contributed by atoms with Gasteiger partial charge in [0.15, 0.2) is 0 Å². The molecule has 1 saturated heterocycles. The van der Waals surface area contributed by atoms with Gasteiger partial charge in [0, 0.05) is 39.3 Å². The number of piperazine rings is 1. The second-order valence-corrected chi connectivity index (χ2v) is 4.47. The summed E-state index contributed by atoms with van der Waals surface area (Å²) in [5.74, 6) is 0. The number of anilines is 2. The van der Waals surface area contributed by atoms with Crippen LogP contribution in [0, 0.1) is 10.1 Å². The van der Waals surface area contributed by atoms with Crippen LogP contribution in [0.25, 0.3) is 0 Å². The Hall–Kier alpha value is -1.53. The van der Waals surface area contributed by atoms with Crippen molar-refractivity contribution in [3.8, 4) is 0 Å². The minimum absolute atomic E-state index is 0.00128. The summed E-state index contributed by atoms with van der Waals surface area (Å²) in [5, 5.41) is 17.4. The summed E-state index contributed by atoms with van der Waals surface area (Å²) in [6, 6.07) is 3.15. The third-order valence-electron chi connectivity index (χ3n) is 2.99. The summed E-state index contributed by atoms with van der Waals surface area (Å²) in [7, 11) is 1.66. The fourth-order valence-electron chi connectivity index (χ4n) is 2.05. The third kappa shape index (κ3) is 2.49. The molecule has 0 saturated carbocycles. The molecule has 0 radical (unpaired) electrons. The average Bonchev–Trinajstić information content (AvgIpc) is 2.39. The Bertz CT molecular complexity index is 461. The normalized spacial score (nSPS) is 15.6. The summed E-state index contributed by atoms with van der Waals surface area (Å²) in [6.45, 7) is 3.48. The zero-order chi connectivity index (χ0) is 13.1. The molecule has 1 aliphatic heterocycles. The van der Waals surface area contributed by atoms with Crippen molar-refractivity contribution in [1.29, 1.82) is 0 Å². The standard InChI is InChI=1S/C11H15ClN4O2/c1-13-9-7-10(15-4-2-14-3-5-15)8(12)6-11(9)16(17)18/h6-7,13-14H,2-5H2,1H3. The van der Waals surface area contributed by atoms with Crippen molar-refractivity contribution in [3.63, 3.8) is 0 Å². The van der Waals surface area contributed by atoms with Gasteiger partial charge in [-0.05, 0) is 6.07 Å². The Labute approximate surface area is 110 Å². The maximum atomic E-state index is 10.9. The second kappa shape index (κ2) is 5.41. The number of nitro benzene ring substituents is 1. The van der Waals surface area contributed by atoms with Crippen molar-refractivity contribution in [2.45, 2.75) is 0 Å². The first-order valence-corrected chi connectivity index (χ1v) is 6.12. The van der Waals surface area contributed by atoms with Crippen LogP contribution in [0.15, 0.2) is 12.1 Å². The molecule has 98 valence electrons. The number of nitrogens with zero attached hydrogens (tertiary/aromatic N) is 2. The fraction of sp³-hybridized carbons (Fsp3) is 0.455. The van der Waals surface area contributed by atoms with Gasteiger partial charge in [0.25, 0.3) is 5.69 Å². The summed E-state index contributed by atoms with van der Waals surface area (Å²) >= 11 is 6.14. The van der Waals surface area contributed by atoms with Crippen LogP contribution in [-0.2, 0) is 0 Å². The Balaban J connectivity index is 2.39. The van der Waals surface area contributed by atoms with Crippen LogP contribution in [-0.4, -0.2) is 38.2 Å². The molecular formula is C11H15ClN4O2. The maximum absolute atomic E-state index is 10.9. The van der Waals surface area contributed by atoms with Gasteiger partial charge >= 0.3 is 0 Å². The minimum atomic E-state index is -0.431. The van der Waals surface area contributed by atoms with Crippen LogP contribution in [0.2, 0.25) is 5.02 Å². The molecule has 1 aliphatic rings. The van der Waals surface area contributed by atoms with E-state index in [0.29, 0.717) is 10.7 Å². The predicted molar refractivity (Wildman–Crippen MR) is 72.7 cm³/mol. The van der Waals surface area contributed by atoms with Crippen LogP contribution in [0.3, 0.4) is 0 Å². The second-order valence-electron chi connectivity index (χ2n) is 4.06. The van der Waals surface area contributed by atoms with E-state index in [1.807, 2.05) is 0 Å². The van der Waals surface area contributed by atoms with Crippen LogP contribution >= 0.6 is 11.6 Å². The van der Waals surface area contributed by atoms with Crippen molar-refractivity contribution in [2.75, 3.05) is 43.4 Å². The largest absolute Gasteiger partial charge is 0.383 e. The summed E-state index contributed by atoms with van der Waals surface area (Å²) in [6.07, 6.45) is 0. The molecule has 0 atom stereocenters. The van der Waals surface area contributed by atoms with Gasteiger partial charge in [-0.15, -0.1) is 0 Å². The van der Waals surface area contributed by atoms with Gasteiger partial charge in [-0.25, -0.2) is 0 Å². The molecule has 1 aromatic carbocycles. The molecule has 7 heteroatoms. The molecule has 0 bridgehead atoms. The molecule has 0 aromatic heterocycles. The topological polar surface area (TPSA) is 70.4 Å². The number of rotatable bonds is 3. The van der Waals surface area contributed by atoms with E-state index in [9.17, 15) is 10.1 Å². The Morgan fingerprint density at radius 1 is 1.44 bits per heavy atom. The molecular weight excluding hydrogens is 256 g/mol. The number of benzene rings is 1. The lowest BCUT2D eigenvalue weighted by atomic mass is 10.2. The summed E-state index contributed by atoms with van der Waals surface area (Å²) < 4.78 is 0. The lowest BCUT2D eigenvalue weighted by molar-refractivity contribution is -0.383.